The van der Waals surface area contributed by atoms with E-state index in [2.05, 4.69) is 4.98 Å². The van der Waals surface area contributed by atoms with Crippen LogP contribution >= 0.6 is 0 Å². The Kier molecular flexibility index (Phi) is 2.95. The van der Waals surface area contributed by atoms with Crippen molar-refractivity contribution in [2.24, 2.45) is 0 Å². The standard InChI is InChI=1S/C13H13FN2O/c1-8-5-6-16-13(15)12(8)9-3-4-11(17-2)10(14)7-9/h3-7H,1-2H3,(H2,15,16). The topological polar surface area (TPSA) is 48.1 Å². The van der Waals surface area contributed by atoms with Crippen LogP contribution < -0.4 is 10.5 Å². The van der Waals surface area contributed by atoms with Gasteiger partial charge in [-0.3, -0.25) is 0 Å². The van der Waals surface area contributed by atoms with Crippen molar-refractivity contribution >= 4 is 5.82 Å². The minimum atomic E-state index is -0.410. The molecule has 4 heteroatoms. The van der Waals surface area contributed by atoms with E-state index in [0.717, 1.165) is 11.1 Å². The number of nitrogens with zero attached hydrogens (tertiary/aromatic N) is 1. The van der Waals surface area contributed by atoms with Gasteiger partial charge in [0.1, 0.15) is 5.82 Å². The van der Waals surface area contributed by atoms with Gasteiger partial charge in [0.2, 0.25) is 0 Å². The van der Waals surface area contributed by atoms with Gasteiger partial charge in [0, 0.05) is 11.8 Å². The monoisotopic (exact) mass is 232 g/mol. The molecule has 0 aliphatic carbocycles. The molecule has 0 radical (unpaired) electrons. The first-order chi connectivity index (χ1) is 8.13. The Morgan fingerprint density at radius 3 is 2.65 bits per heavy atom. The molecule has 0 bridgehead atoms. The van der Waals surface area contributed by atoms with E-state index < -0.39 is 5.82 Å². The largest absolute Gasteiger partial charge is 0.494 e. The third-order valence-corrected chi connectivity index (χ3v) is 2.63. The average Bonchev–Trinajstić information content (AvgIpc) is 2.29. The first kappa shape index (κ1) is 11.4. The van der Waals surface area contributed by atoms with Crippen molar-refractivity contribution in [3.8, 4) is 16.9 Å². The van der Waals surface area contributed by atoms with Crippen LogP contribution in [0.25, 0.3) is 11.1 Å². The van der Waals surface area contributed by atoms with Crippen LogP contribution in [-0.2, 0) is 0 Å². The number of aryl methyl sites for hydroxylation is 1. The number of ether oxygens (including phenoxy) is 1. The molecule has 17 heavy (non-hydrogen) atoms. The smallest absolute Gasteiger partial charge is 0.165 e. The zero-order chi connectivity index (χ0) is 12.4. The zero-order valence-electron chi connectivity index (χ0n) is 9.70. The number of aromatic nitrogens is 1. The average molecular weight is 232 g/mol. The maximum Gasteiger partial charge on any atom is 0.165 e. The van der Waals surface area contributed by atoms with Crippen LogP contribution in [0.5, 0.6) is 5.75 Å². The summed E-state index contributed by atoms with van der Waals surface area (Å²) in [6.07, 6.45) is 1.63. The fourth-order valence-electron chi connectivity index (χ4n) is 1.78. The molecule has 0 saturated carbocycles. The lowest BCUT2D eigenvalue weighted by Gasteiger charge is -2.10. The first-order valence-electron chi connectivity index (χ1n) is 5.18. The van der Waals surface area contributed by atoms with Crippen molar-refractivity contribution in [2.45, 2.75) is 6.92 Å². The van der Waals surface area contributed by atoms with Crippen LogP contribution in [0.15, 0.2) is 30.5 Å². The van der Waals surface area contributed by atoms with Crippen molar-refractivity contribution in [3.05, 3.63) is 41.8 Å². The summed E-state index contributed by atoms with van der Waals surface area (Å²) >= 11 is 0. The van der Waals surface area contributed by atoms with E-state index >= 15 is 0 Å². The number of rotatable bonds is 2. The highest BCUT2D eigenvalue weighted by Crippen LogP contribution is 2.30. The lowest BCUT2D eigenvalue weighted by molar-refractivity contribution is 0.386. The van der Waals surface area contributed by atoms with Crippen LogP contribution in [0.2, 0.25) is 0 Å². The summed E-state index contributed by atoms with van der Waals surface area (Å²) in [5, 5.41) is 0. The van der Waals surface area contributed by atoms with E-state index in [9.17, 15) is 4.39 Å². The number of methoxy groups -OCH3 is 1. The number of nitrogens with two attached hydrogens (primary N) is 1. The molecule has 88 valence electrons. The van der Waals surface area contributed by atoms with Crippen LogP contribution in [0.4, 0.5) is 10.2 Å². The van der Waals surface area contributed by atoms with Gasteiger partial charge in [0.05, 0.1) is 7.11 Å². The third kappa shape index (κ3) is 2.06. The Morgan fingerprint density at radius 2 is 2.06 bits per heavy atom. The van der Waals surface area contributed by atoms with Gasteiger partial charge < -0.3 is 10.5 Å². The zero-order valence-corrected chi connectivity index (χ0v) is 9.70. The molecule has 0 atom stereocenters. The van der Waals surface area contributed by atoms with Crippen molar-refractivity contribution in [1.29, 1.82) is 0 Å². The van der Waals surface area contributed by atoms with Crippen LogP contribution in [0, 0.1) is 12.7 Å². The second kappa shape index (κ2) is 4.41. The summed E-state index contributed by atoms with van der Waals surface area (Å²) < 4.78 is 18.5. The predicted octanol–water partition coefficient (Wildman–Crippen LogP) is 2.79. The summed E-state index contributed by atoms with van der Waals surface area (Å²) in [6.45, 7) is 1.91. The Balaban J connectivity index is 2.57. The SMILES string of the molecule is COc1ccc(-c2c(C)ccnc2N)cc1F. The van der Waals surface area contributed by atoms with Crippen molar-refractivity contribution < 1.29 is 9.13 Å². The van der Waals surface area contributed by atoms with Crippen molar-refractivity contribution in [2.75, 3.05) is 12.8 Å². The van der Waals surface area contributed by atoms with Crippen molar-refractivity contribution in [1.82, 2.24) is 4.98 Å². The van der Waals surface area contributed by atoms with E-state index in [1.165, 1.54) is 13.2 Å². The Labute approximate surface area is 99.1 Å². The van der Waals surface area contributed by atoms with E-state index in [1.807, 2.05) is 13.0 Å². The van der Waals surface area contributed by atoms with E-state index in [0.29, 0.717) is 11.4 Å². The molecular weight excluding hydrogens is 219 g/mol. The number of pyridine rings is 1. The number of benzene rings is 1. The van der Waals surface area contributed by atoms with Gasteiger partial charge in [-0.25, -0.2) is 9.37 Å². The second-order valence-corrected chi connectivity index (χ2v) is 3.74. The van der Waals surface area contributed by atoms with E-state index in [4.69, 9.17) is 10.5 Å². The number of halogens is 1. The van der Waals surface area contributed by atoms with Gasteiger partial charge in [-0.2, -0.15) is 0 Å². The van der Waals surface area contributed by atoms with Crippen LogP contribution in [0.1, 0.15) is 5.56 Å². The molecular formula is C13H13FN2O. The number of nitrogen functional groups attached to an aromatic ring is 1. The first-order valence-corrected chi connectivity index (χ1v) is 5.18. The van der Waals surface area contributed by atoms with Crippen LogP contribution in [-0.4, -0.2) is 12.1 Å². The highest BCUT2D eigenvalue weighted by atomic mass is 19.1. The molecule has 2 rings (SSSR count). The Bertz CT molecular complexity index is 535. The normalized spacial score (nSPS) is 10.3. The molecule has 0 fully saturated rings. The number of hydrogen-bond acceptors (Lipinski definition) is 3. The molecule has 0 unspecified atom stereocenters. The van der Waals surface area contributed by atoms with Crippen LogP contribution in [0.3, 0.4) is 0 Å². The molecule has 2 N–H and O–H groups in total. The lowest BCUT2D eigenvalue weighted by atomic mass is 10.0. The molecule has 0 spiro atoms. The van der Waals surface area contributed by atoms with Gasteiger partial charge in [-0.15, -0.1) is 0 Å². The fraction of sp³-hybridized carbons (Fsp3) is 0.154. The minimum absolute atomic E-state index is 0.217. The van der Waals surface area contributed by atoms with E-state index in [1.54, 1.807) is 18.3 Å². The molecule has 1 aromatic heterocycles. The molecule has 0 saturated heterocycles. The molecule has 2 aromatic rings. The number of hydrogen-bond donors (Lipinski definition) is 1. The molecule has 3 nitrogen and oxygen atoms in total. The quantitative estimate of drug-likeness (QED) is 0.866. The maximum absolute atomic E-state index is 13.6. The Hall–Kier alpha value is -2.10. The molecule has 0 aliphatic heterocycles. The Morgan fingerprint density at radius 1 is 1.29 bits per heavy atom. The number of anilines is 1. The predicted molar refractivity (Wildman–Crippen MR) is 65.3 cm³/mol. The molecule has 1 aromatic carbocycles. The molecule has 1 heterocycles. The summed E-state index contributed by atoms with van der Waals surface area (Å²) in [6, 6.07) is 6.59. The van der Waals surface area contributed by atoms with Gasteiger partial charge in [0.15, 0.2) is 11.6 Å². The fourth-order valence-corrected chi connectivity index (χ4v) is 1.78. The third-order valence-electron chi connectivity index (χ3n) is 2.63. The highest BCUT2D eigenvalue weighted by Gasteiger charge is 2.10. The summed E-state index contributed by atoms with van der Waals surface area (Å²) in [5.41, 5.74) is 8.23. The van der Waals surface area contributed by atoms with Gasteiger partial charge in [-0.1, -0.05) is 6.07 Å². The molecule has 0 aliphatic rings. The minimum Gasteiger partial charge on any atom is -0.494 e. The summed E-state index contributed by atoms with van der Waals surface area (Å²) in [7, 11) is 1.43. The second-order valence-electron chi connectivity index (χ2n) is 3.74. The maximum atomic E-state index is 13.6. The van der Waals surface area contributed by atoms with E-state index in [-0.39, 0.29) is 5.75 Å². The summed E-state index contributed by atoms with van der Waals surface area (Å²) in [5.74, 6) is 0.205. The highest BCUT2D eigenvalue weighted by molar-refractivity contribution is 5.77. The van der Waals surface area contributed by atoms with Gasteiger partial charge in [0.25, 0.3) is 0 Å². The summed E-state index contributed by atoms with van der Waals surface area (Å²) in [4.78, 5) is 4.01. The molecule has 0 amide bonds. The van der Waals surface area contributed by atoms with Crippen molar-refractivity contribution in [3.63, 3.8) is 0 Å². The van der Waals surface area contributed by atoms with Gasteiger partial charge >= 0.3 is 0 Å². The van der Waals surface area contributed by atoms with Gasteiger partial charge in [-0.05, 0) is 36.2 Å². The lowest BCUT2D eigenvalue weighted by Crippen LogP contribution is -1.97.